The summed E-state index contributed by atoms with van der Waals surface area (Å²) in [5.41, 5.74) is 4.30. The Bertz CT molecular complexity index is 1620. The number of tetrazole rings is 1. The highest BCUT2D eigenvalue weighted by Crippen LogP contribution is 2.49. The Labute approximate surface area is 281 Å². The number of aromatic nitrogens is 4. The zero-order valence-corrected chi connectivity index (χ0v) is 28.0. The first-order chi connectivity index (χ1) is 23.3. The molecule has 6 rings (SSSR count). The molecule has 2 fully saturated rings. The van der Waals surface area contributed by atoms with Crippen LogP contribution in [0.2, 0.25) is 0 Å². The molecule has 2 aromatic carbocycles. The van der Waals surface area contributed by atoms with Crippen molar-refractivity contribution in [2.75, 3.05) is 19.6 Å². The van der Waals surface area contributed by atoms with Crippen molar-refractivity contribution >= 4 is 17.7 Å². The van der Waals surface area contributed by atoms with E-state index in [0.717, 1.165) is 54.4 Å². The Morgan fingerprint density at radius 2 is 1.58 bits per heavy atom. The summed E-state index contributed by atoms with van der Waals surface area (Å²) in [5, 5.41) is 34.9. The summed E-state index contributed by atoms with van der Waals surface area (Å²) in [5.74, 6) is 0.566. The predicted molar refractivity (Wildman–Crippen MR) is 179 cm³/mol. The van der Waals surface area contributed by atoms with Crippen molar-refractivity contribution in [3.63, 3.8) is 0 Å². The van der Waals surface area contributed by atoms with Crippen LogP contribution in [0.25, 0.3) is 0 Å². The molecule has 0 saturated heterocycles. The van der Waals surface area contributed by atoms with E-state index in [0.29, 0.717) is 55.2 Å². The smallest absolute Gasteiger partial charge is 0.251 e. The number of hydrogen-bond acceptors (Lipinski definition) is 8. The van der Waals surface area contributed by atoms with E-state index < -0.39 is 11.5 Å². The van der Waals surface area contributed by atoms with Crippen LogP contribution in [-0.4, -0.2) is 81.0 Å². The minimum absolute atomic E-state index is 0.0638. The summed E-state index contributed by atoms with van der Waals surface area (Å²) >= 11 is 0. The molecular weight excluding hydrogens is 606 g/mol. The molecule has 48 heavy (non-hydrogen) atoms. The molecule has 4 N–H and O–H groups in total. The number of fused-ring (bicyclic) bond motifs is 2. The standard InChI is InChI=1S/C36H45N9O3/c1-4-38-33(47)26-11-15-29-24(17-26)9-10-25-18-27(34(48)39-5-2)12-16-30(25)36(29,35-41-43-44-42-35)19-31(23-7-6-8-23)40-21-32(46)45(22(3)20-37)28-13-14-28/h11-12,15-18,22-23,28,31,40H,4-10,13-14,19,21H2,1-3H3,(H,38,47)(H,39,48)(H,41,42,43,44)/t22?,31-/m0/s1. The summed E-state index contributed by atoms with van der Waals surface area (Å²) < 4.78 is 0. The second-order valence-corrected chi connectivity index (χ2v) is 13.3. The molecule has 0 spiro atoms. The first-order valence-electron chi connectivity index (χ1n) is 17.3. The highest BCUT2D eigenvalue weighted by atomic mass is 16.2. The number of carbonyl (C=O) groups excluding carboxylic acids is 3. The van der Waals surface area contributed by atoms with Crippen molar-refractivity contribution in [3.8, 4) is 6.07 Å². The van der Waals surface area contributed by atoms with Crippen molar-refractivity contribution in [2.24, 2.45) is 5.92 Å². The molecule has 1 aromatic heterocycles. The average Bonchev–Trinajstić information content (AvgIpc) is 3.77. The van der Waals surface area contributed by atoms with Gasteiger partial charge in [-0.1, -0.05) is 18.6 Å². The van der Waals surface area contributed by atoms with Gasteiger partial charge in [-0.3, -0.25) is 14.4 Å². The Morgan fingerprint density at radius 3 is 2.04 bits per heavy atom. The number of H-pyrrole nitrogens is 1. The normalized spacial score (nSPS) is 17.8. The third kappa shape index (κ3) is 6.43. The van der Waals surface area contributed by atoms with Gasteiger partial charge in [0, 0.05) is 36.3 Å². The lowest BCUT2D eigenvalue weighted by Crippen LogP contribution is -2.51. The third-order valence-electron chi connectivity index (χ3n) is 10.3. The molecule has 12 heteroatoms. The molecular formula is C36H45N9O3. The zero-order valence-electron chi connectivity index (χ0n) is 28.0. The second-order valence-electron chi connectivity index (χ2n) is 13.3. The lowest BCUT2D eigenvalue weighted by Gasteiger charge is -2.42. The Balaban J connectivity index is 1.47. The quantitative estimate of drug-likeness (QED) is 0.219. The number of hydrogen-bond donors (Lipinski definition) is 4. The maximum atomic E-state index is 13.6. The van der Waals surface area contributed by atoms with Gasteiger partial charge in [0.1, 0.15) is 6.04 Å². The lowest BCUT2D eigenvalue weighted by molar-refractivity contribution is -0.132. The molecule has 0 radical (unpaired) electrons. The number of nitriles is 1. The minimum atomic E-state index is -0.878. The van der Waals surface area contributed by atoms with Gasteiger partial charge in [-0.2, -0.15) is 5.26 Å². The zero-order chi connectivity index (χ0) is 33.8. The van der Waals surface area contributed by atoms with Crippen molar-refractivity contribution < 1.29 is 14.4 Å². The molecule has 252 valence electrons. The molecule has 1 heterocycles. The Morgan fingerprint density at radius 1 is 0.979 bits per heavy atom. The summed E-state index contributed by atoms with van der Waals surface area (Å²) in [4.78, 5) is 41.3. The number of rotatable bonds is 13. The van der Waals surface area contributed by atoms with Gasteiger partial charge in [-0.25, -0.2) is 5.10 Å². The van der Waals surface area contributed by atoms with Crippen molar-refractivity contribution in [2.45, 2.75) is 95.7 Å². The number of benzene rings is 2. The summed E-state index contributed by atoms with van der Waals surface area (Å²) in [6, 6.07) is 13.5. The van der Waals surface area contributed by atoms with E-state index in [1.165, 1.54) is 0 Å². The molecule has 1 unspecified atom stereocenters. The molecule has 3 amide bonds. The van der Waals surface area contributed by atoms with E-state index in [-0.39, 0.29) is 36.3 Å². The van der Waals surface area contributed by atoms with E-state index in [9.17, 15) is 19.6 Å². The second kappa shape index (κ2) is 14.2. The molecule has 0 bridgehead atoms. The lowest BCUT2D eigenvalue weighted by atomic mass is 9.64. The first-order valence-corrected chi connectivity index (χ1v) is 17.3. The van der Waals surface area contributed by atoms with Crippen LogP contribution in [0.15, 0.2) is 36.4 Å². The van der Waals surface area contributed by atoms with Crippen LogP contribution >= 0.6 is 0 Å². The van der Waals surface area contributed by atoms with Crippen molar-refractivity contribution in [1.29, 1.82) is 5.26 Å². The topological polar surface area (TPSA) is 169 Å². The molecule has 3 aliphatic rings. The van der Waals surface area contributed by atoms with Crippen LogP contribution in [0.4, 0.5) is 0 Å². The van der Waals surface area contributed by atoms with Crippen LogP contribution in [0.3, 0.4) is 0 Å². The van der Waals surface area contributed by atoms with Gasteiger partial charge in [0.05, 0.1) is 18.0 Å². The van der Waals surface area contributed by atoms with Gasteiger partial charge >= 0.3 is 0 Å². The van der Waals surface area contributed by atoms with E-state index in [1.807, 2.05) is 50.2 Å². The number of aromatic amines is 1. The largest absolute Gasteiger partial charge is 0.352 e. The maximum Gasteiger partial charge on any atom is 0.251 e. The van der Waals surface area contributed by atoms with Crippen LogP contribution in [0.5, 0.6) is 0 Å². The van der Waals surface area contributed by atoms with E-state index in [4.69, 9.17) is 0 Å². The van der Waals surface area contributed by atoms with E-state index in [1.54, 1.807) is 11.8 Å². The maximum absolute atomic E-state index is 13.6. The van der Waals surface area contributed by atoms with Gasteiger partial charge in [-0.05, 0) is 129 Å². The predicted octanol–water partition coefficient (Wildman–Crippen LogP) is 3.18. The fourth-order valence-electron chi connectivity index (χ4n) is 7.61. The SMILES string of the molecule is CCNC(=O)c1ccc2c(c1)CCc1cc(C(=O)NCC)ccc1C2(C[C@H](NCC(=O)N(C(C)C#N)C1CC1)C1CCC1)c1nnn[nH]1. The van der Waals surface area contributed by atoms with Crippen LogP contribution in [-0.2, 0) is 23.1 Å². The summed E-state index contributed by atoms with van der Waals surface area (Å²) in [7, 11) is 0. The van der Waals surface area contributed by atoms with Crippen molar-refractivity contribution in [3.05, 3.63) is 75.6 Å². The van der Waals surface area contributed by atoms with E-state index in [2.05, 4.69) is 42.6 Å². The molecule has 12 nitrogen and oxygen atoms in total. The number of amides is 3. The van der Waals surface area contributed by atoms with Crippen LogP contribution < -0.4 is 16.0 Å². The fraction of sp³-hybridized carbons (Fsp3) is 0.528. The Kier molecular flexibility index (Phi) is 9.87. The molecule has 3 aliphatic carbocycles. The Hall–Kier alpha value is -4.63. The highest BCUT2D eigenvalue weighted by Gasteiger charge is 2.48. The third-order valence-corrected chi connectivity index (χ3v) is 10.3. The highest BCUT2D eigenvalue weighted by molar-refractivity contribution is 5.95. The van der Waals surface area contributed by atoms with Gasteiger partial charge < -0.3 is 20.9 Å². The van der Waals surface area contributed by atoms with Crippen LogP contribution in [0, 0.1) is 17.2 Å². The number of aryl methyl sites for hydroxylation is 2. The number of nitrogens with zero attached hydrogens (tertiary/aromatic N) is 5. The van der Waals surface area contributed by atoms with Gasteiger partial charge in [0.15, 0.2) is 5.82 Å². The summed E-state index contributed by atoms with van der Waals surface area (Å²) in [6.45, 7) is 6.76. The molecule has 3 aromatic rings. The van der Waals surface area contributed by atoms with Crippen LogP contribution in [0.1, 0.15) is 108 Å². The van der Waals surface area contributed by atoms with Gasteiger partial charge in [0.2, 0.25) is 5.91 Å². The van der Waals surface area contributed by atoms with Gasteiger partial charge in [0.25, 0.3) is 11.8 Å². The van der Waals surface area contributed by atoms with Crippen molar-refractivity contribution in [1.82, 2.24) is 41.5 Å². The number of nitrogens with one attached hydrogen (secondary N) is 4. The molecule has 0 aliphatic heterocycles. The minimum Gasteiger partial charge on any atom is -0.352 e. The summed E-state index contributed by atoms with van der Waals surface area (Å²) in [6.07, 6.45) is 6.88. The van der Waals surface area contributed by atoms with Gasteiger partial charge in [-0.15, -0.1) is 5.10 Å². The fourth-order valence-corrected chi connectivity index (χ4v) is 7.61. The number of carbonyl (C=O) groups is 3. The van der Waals surface area contributed by atoms with E-state index >= 15 is 0 Å². The molecule has 2 saturated carbocycles. The molecule has 2 atom stereocenters. The average molecular weight is 652 g/mol. The monoisotopic (exact) mass is 651 g/mol. The first kappa shape index (κ1) is 33.3.